The second-order valence-corrected chi connectivity index (χ2v) is 3.00. The first-order chi connectivity index (χ1) is 6.63. The maximum Gasteiger partial charge on any atom is 0.318 e. The maximum absolute atomic E-state index is 10.9. The van der Waals surface area contributed by atoms with Gasteiger partial charge in [-0.2, -0.15) is 0 Å². The molecule has 1 aromatic rings. The smallest absolute Gasteiger partial charge is 0.318 e. The van der Waals surface area contributed by atoms with Crippen molar-refractivity contribution in [1.82, 2.24) is 5.32 Å². The molecule has 0 radical (unpaired) electrons. The fourth-order valence-corrected chi connectivity index (χ4v) is 1.04. The highest BCUT2D eigenvalue weighted by molar-refractivity contribution is 5.88. The zero-order chi connectivity index (χ0) is 10.6. The zero-order valence-electron chi connectivity index (χ0n) is 8.24. The van der Waals surface area contributed by atoms with Crippen LogP contribution in [0.3, 0.4) is 0 Å². The second kappa shape index (κ2) is 4.62. The summed E-state index contributed by atoms with van der Waals surface area (Å²) in [6, 6.07) is 6.79. The van der Waals surface area contributed by atoms with Crippen LogP contribution in [0.4, 0.5) is 10.5 Å². The van der Waals surface area contributed by atoms with Crippen LogP contribution in [0, 0.1) is 0 Å². The van der Waals surface area contributed by atoms with E-state index in [1.807, 2.05) is 0 Å². The van der Waals surface area contributed by atoms with E-state index in [4.69, 9.17) is 0 Å². The Morgan fingerprint density at radius 3 is 2.36 bits per heavy atom. The number of aliphatic hydroxyl groups is 1. The number of urea groups is 1. The summed E-state index contributed by atoms with van der Waals surface area (Å²) in [6.45, 7) is 1.70. The Kier molecular flexibility index (Phi) is 3.48. The van der Waals surface area contributed by atoms with E-state index in [2.05, 4.69) is 10.6 Å². The van der Waals surface area contributed by atoms with Crippen LogP contribution in [0.25, 0.3) is 0 Å². The predicted molar refractivity (Wildman–Crippen MR) is 55.2 cm³/mol. The molecule has 1 rings (SSSR count). The van der Waals surface area contributed by atoms with E-state index in [0.717, 1.165) is 5.56 Å². The van der Waals surface area contributed by atoms with E-state index in [0.29, 0.717) is 5.69 Å². The summed E-state index contributed by atoms with van der Waals surface area (Å²) >= 11 is 0. The number of carbonyl (C=O) groups is 1. The molecule has 0 aliphatic rings. The largest absolute Gasteiger partial charge is 0.389 e. The summed E-state index contributed by atoms with van der Waals surface area (Å²) in [4.78, 5) is 10.9. The Labute approximate surface area is 82.9 Å². The van der Waals surface area contributed by atoms with Gasteiger partial charge in [0.05, 0.1) is 6.10 Å². The minimum atomic E-state index is -0.482. The van der Waals surface area contributed by atoms with Crippen molar-refractivity contribution in [3.05, 3.63) is 29.8 Å². The van der Waals surface area contributed by atoms with Gasteiger partial charge in [-0.3, -0.25) is 0 Å². The first-order valence-electron chi connectivity index (χ1n) is 4.40. The molecule has 0 aliphatic heterocycles. The number of hydrogen-bond acceptors (Lipinski definition) is 2. The van der Waals surface area contributed by atoms with Crippen molar-refractivity contribution < 1.29 is 9.90 Å². The summed E-state index contributed by atoms with van der Waals surface area (Å²) in [6.07, 6.45) is -0.482. The fraction of sp³-hybridized carbons (Fsp3) is 0.300. The highest BCUT2D eigenvalue weighted by Crippen LogP contribution is 2.15. The number of carbonyl (C=O) groups excluding carboxylic acids is 1. The van der Waals surface area contributed by atoms with Crippen molar-refractivity contribution in [2.24, 2.45) is 0 Å². The number of benzene rings is 1. The number of anilines is 1. The standard InChI is InChI=1S/C10H14N2O2/c1-7(13)8-3-5-9(6-4-8)12-10(14)11-2/h3-7,13H,1-2H3,(H2,11,12,14). The van der Waals surface area contributed by atoms with E-state index in [-0.39, 0.29) is 6.03 Å². The van der Waals surface area contributed by atoms with Gasteiger partial charge in [-0.15, -0.1) is 0 Å². The van der Waals surface area contributed by atoms with E-state index in [9.17, 15) is 9.90 Å². The summed E-state index contributed by atoms with van der Waals surface area (Å²) in [7, 11) is 1.56. The SMILES string of the molecule is CNC(=O)Nc1ccc(C(C)O)cc1. The molecule has 3 N–H and O–H groups in total. The van der Waals surface area contributed by atoms with Crippen LogP contribution in [-0.2, 0) is 0 Å². The van der Waals surface area contributed by atoms with E-state index in [1.165, 1.54) is 0 Å². The molecule has 1 aromatic carbocycles. The molecule has 2 amide bonds. The molecule has 0 fully saturated rings. The Bertz CT molecular complexity index is 306. The first kappa shape index (κ1) is 10.5. The predicted octanol–water partition coefficient (Wildman–Crippen LogP) is 1.49. The number of hydrogen-bond donors (Lipinski definition) is 3. The van der Waals surface area contributed by atoms with Crippen LogP contribution in [0.1, 0.15) is 18.6 Å². The quantitative estimate of drug-likeness (QED) is 0.668. The van der Waals surface area contributed by atoms with Gasteiger partial charge in [0.2, 0.25) is 0 Å². The number of nitrogens with one attached hydrogen (secondary N) is 2. The average molecular weight is 194 g/mol. The molecule has 0 saturated heterocycles. The Morgan fingerprint density at radius 1 is 1.36 bits per heavy atom. The van der Waals surface area contributed by atoms with Crippen LogP contribution in [-0.4, -0.2) is 18.2 Å². The highest BCUT2D eigenvalue weighted by Gasteiger charge is 2.01. The van der Waals surface area contributed by atoms with E-state index >= 15 is 0 Å². The van der Waals surface area contributed by atoms with Crippen molar-refractivity contribution in [1.29, 1.82) is 0 Å². The average Bonchev–Trinajstić information content (AvgIpc) is 2.18. The van der Waals surface area contributed by atoms with Crippen molar-refractivity contribution in [2.45, 2.75) is 13.0 Å². The fourth-order valence-electron chi connectivity index (χ4n) is 1.04. The van der Waals surface area contributed by atoms with Gasteiger partial charge in [0, 0.05) is 12.7 Å². The van der Waals surface area contributed by atoms with Crippen LogP contribution < -0.4 is 10.6 Å². The molecule has 0 bridgehead atoms. The zero-order valence-corrected chi connectivity index (χ0v) is 8.24. The molecule has 76 valence electrons. The first-order valence-corrected chi connectivity index (χ1v) is 4.40. The van der Waals surface area contributed by atoms with Gasteiger partial charge in [0.25, 0.3) is 0 Å². The third-order valence-electron chi connectivity index (χ3n) is 1.88. The van der Waals surface area contributed by atoms with E-state index in [1.54, 1.807) is 38.2 Å². The lowest BCUT2D eigenvalue weighted by Gasteiger charge is -2.07. The number of rotatable bonds is 2. The molecule has 0 saturated carbocycles. The molecule has 4 nitrogen and oxygen atoms in total. The van der Waals surface area contributed by atoms with Crippen molar-refractivity contribution in [3.8, 4) is 0 Å². The molecule has 0 spiro atoms. The van der Waals surface area contributed by atoms with Crippen molar-refractivity contribution in [3.63, 3.8) is 0 Å². The molecule has 0 aromatic heterocycles. The lowest BCUT2D eigenvalue weighted by Crippen LogP contribution is -2.24. The Morgan fingerprint density at radius 2 is 1.93 bits per heavy atom. The Balaban J connectivity index is 2.69. The molecule has 4 heteroatoms. The molecule has 0 heterocycles. The normalized spacial score (nSPS) is 11.9. The second-order valence-electron chi connectivity index (χ2n) is 3.00. The summed E-state index contributed by atoms with van der Waals surface area (Å²) in [5.41, 5.74) is 1.53. The van der Waals surface area contributed by atoms with Gasteiger partial charge in [-0.05, 0) is 24.6 Å². The minimum absolute atomic E-state index is 0.255. The molecule has 0 aliphatic carbocycles. The van der Waals surface area contributed by atoms with E-state index < -0.39 is 6.10 Å². The van der Waals surface area contributed by atoms with Crippen molar-refractivity contribution in [2.75, 3.05) is 12.4 Å². The van der Waals surface area contributed by atoms with Gasteiger partial charge in [-0.25, -0.2) is 4.79 Å². The van der Waals surface area contributed by atoms with Gasteiger partial charge in [-0.1, -0.05) is 12.1 Å². The summed E-state index contributed by atoms with van der Waals surface area (Å²) in [5, 5.41) is 14.3. The molecular weight excluding hydrogens is 180 g/mol. The van der Waals surface area contributed by atoms with Crippen LogP contribution in [0.5, 0.6) is 0 Å². The van der Waals surface area contributed by atoms with Gasteiger partial charge in [0.15, 0.2) is 0 Å². The topological polar surface area (TPSA) is 61.4 Å². The monoisotopic (exact) mass is 194 g/mol. The van der Waals surface area contributed by atoms with Gasteiger partial charge >= 0.3 is 6.03 Å². The van der Waals surface area contributed by atoms with Crippen molar-refractivity contribution >= 4 is 11.7 Å². The van der Waals surface area contributed by atoms with Gasteiger partial charge < -0.3 is 15.7 Å². The third-order valence-corrected chi connectivity index (χ3v) is 1.88. The highest BCUT2D eigenvalue weighted by atomic mass is 16.3. The third kappa shape index (κ3) is 2.74. The Hall–Kier alpha value is -1.55. The lowest BCUT2D eigenvalue weighted by atomic mass is 10.1. The van der Waals surface area contributed by atoms with Crippen LogP contribution in [0.2, 0.25) is 0 Å². The maximum atomic E-state index is 10.9. The summed E-state index contributed by atoms with van der Waals surface area (Å²) < 4.78 is 0. The molecule has 1 atom stereocenters. The molecule has 1 unspecified atom stereocenters. The van der Waals surface area contributed by atoms with Crippen LogP contribution in [0.15, 0.2) is 24.3 Å². The molecular formula is C10H14N2O2. The summed E-state index contributed by atoms with van der Waals surface area (Å²) in [5.74, 6) is 0. The number of amides is 2. The minimum Gasteiger partial charge on any atom is -0.389 e. The number of aliphatic hydroxyl groups excluding tert-OH is 1. The molecule has 14 heavy (non-hydrogen) atoms. The van der Waals surface area contributed by atoms with Gasteiger partial charge in [0.1, 0.15) is 0 Å². The lowest BCUT2D eigenvalue weighted by molar-refractivity contribution is 0.199. The van der Waals surface area contributed by atoms with Crippen LogP contribution >= 0.6 is 0 Å².